The van der Waals surface area contributed by atoms with E-state index in [0.29, 0.717) is 0 Å². The molecule has 0 amide bonds. The molecule has 0 spiro atoms. The van der Waals surface area contributed by atoms with E-state index in [4.69, 9.17) is 0 Å². The maximum atomic E-state index is 4.37. The van der Waals surface area contributed by atoms with E-state index in [1.165, 1.54) is 5.56 Å². The van der Waals surface area contributed by atoms with Crippen LogP contribution in [0, 0.1) is 0 Å². The summed E-state index contributed by atoms with van der Waals surface area (Å²) in [5.74, 6) is 0.934. The van der Waals surface area contributed by atoms with E-state index >= 15 is 0 Å². The molecule has 0 bridgehead atoms. The van der Waals surface area contributed by atoms with Crippen molar-refractivity contribution >= 4 is 17.6 Å². The fourth-order valence-corrected chi connectivity index (χ4v) is 2.52. The first kappa shape index (κ1) is 12.9. The highest BCUT2D eigenvalue weighted by Crippen LogP contribution is 2.29. The summed E-state index contributed by atoms with van der Waals surface area (Å²) in [7, 11) is 0. The highest BCUT2D eigenvalue weighted by molar-refractivity contribution is 7.99. The van der Waals surface area contributed by atoms with Crippen LogP contribution in [0.25, 0.3) is 0 Å². The molecule has 0 fully saturated rings. The number of H-pyrrole nitrogens is 1. The molecule has 0 aromatic carbocycles. The van der Waals surface area contributed by atoms with Crippen LogP contribution in [0.3, 0.4) is 0 Å². The molecular weight excluding hydrogens is 246 g/mol. The van der Waals surface area contributed by atoms with E-state index in [-0.39, 0.29) is 0 Å². The smallest absolute Gasteiger partial charge is 0.171 e. The summed E-state index contributed by atoms with van der Waals surface area (Å²) < 4.78 is 0. The Kier molecular flexibility index (Phi) is 4.58. The van der Waals surface area contributed by atoms with Gasteiger partial charge in [-0.1, -0.05) is 13.3 Å². The third-order valence-corrected chi connectivity index (χ3v) is 3.38. The van der Waals surface area contributed by atoms with Gasteiger partial charge in [-0.25, -0.2) is 15.0 Å². The Morgan fingerprint density at radius 3 is 2.83 bits per heavy atom. The van der Waals surface area contributed by atoms with E-state index in [0.717, 1.165) is 35.4 Å². The fraction of sp³-hybridized carbons (Fsp3) is 0.417. The zero-order valence-electron chi connectivity index (χ0n) is 10.6. The van der Waals surface area contributed by atoms with Crippen molar-refractivity contribution in [2.45, 2.75) is 36.9 Å². The zero-order chi connectivity index (χ0) is 12.8. The minimum atomic E-state index is 0.855. The van der Waals surface area contributed by atoms with Crippen molar-refractivity contribution in [3.63, 3.8) is 0 Å². The molecule has 0 aliphatic rings. The molecule has 2 rings (SSSR count). The second kappa shape index (κ2) is 6.39. The highest BCUT2D eigenvalue weighted by Gasteiger charge is 2.12. The topological polar surface area (TPSA) is 66.5 Å². The molecule has 0 saturated heterocycles. The molecule has 0 aliphatic carbocycles. The number of aromatic amines is 1. The number of anilines is 1. The molecule has 2 aromatic rings. The van der Waals surface area contributed by atoms with Gasteiger partial charge in [-0.15, -0.1) is 0 Å². The van der Waals surface area contributed by atoms with Gasteiger partial charge in [0.1, 0.15) is 17.2 Å². The number of hydrogen-bond donors (Lipinski definition) is 2. The average molecular weight is 263 g/mol. The first-order valence-electron chi connectivity index (χ1n) is 6.10. The van der Waals surface area contributed by atoms with Crippen LogP contribution in [-0.4, -0.2) is 26.5 Å². The van der Waals surface area contributed by atoms with Gasteiger partial charge in [0, 0.05) is 24.5 Å². The third-order valence-electron chi connectivity index (χ3n) is 2.42. The molecule has 0 unspecified atom stereocenters. The molecule has 2 aromatic heterocycles. The Hall–Kier alpha value is -1.56. The Morgan fingerprint density at radius 2 is 2.17 bits per heavy atom. The molecule has 0 radical (unpaired) electrons. The number of rotatable bonds is 6. The van der Waals surface area contributed by atoms with Crippen molar-refractivity contribution in [1.82, 2.24) is 19.9 Å². The molecule has 0 aliphatic heterocycles. The van der Waals surface area contributed by atoms with Crippen molar-refractivity contribution in [3.05, 3.63) is 24.3 Å². The molecular formula is C12H17N5S. The van der Waals surface area contributed by atoms with Crippen LogP contribution in [0.2, 0.25) is 0 Å². The summed E-state index contributed by atoms with van der Waals surface area (Å²) in [5, 5.41) is 5.11. The van der Waals surface area contributed by atoms with Crippen molar-refractivity contribution in [2.24, 2.45) is 0 Å². The van der Waals surface area contributed by atoms with E-state index in [1.54, 1.807) is 24.3 Å². The van der Waals surface area contributed by atoms with Gasteiger partial charge in [-0.3, -0.25) is 0 Å². The minimum absolute atomic E-state index is 0.855. The number of imidazole rings is 1. The van der Waals surface area contributed by atoms with Gasteiger partial charge in [0.25, 0.3) is 0 Å². The summed E-state index contributed by atoms with van der Waals surface area (Å²) in [6.45, 7) is 5.08. The van der Waals surface area contributed by atoms with Crippen LogP contribution in [0.1, 0.15) is 25.8 Å². The zero-order valence-corrected chi connectivity index (χ0v) is 11.4. The van der Waals surface area contributed by atoms with Gasteiger partial charge < -0.3 is 10.3 Å². The normalized spacial score (nSPS) is 10.6. The maximum absolute atomic E-state index is 4.37. The van der Waals surface area contributed by atoms with Gasteiger partial charge in [0.15, 0.2) is 5.16 Å². The second-order valence-electron chi connectivity index (χ2n) is 3.78. The quantitative estimate of drug-likeness (QED) is 0.784. The first-order valence-corrected chi connectivity index (χ1v) is 6.91. The summed E-state index contributed by atoms with van der Waals surface area (Å²) in [5.41, 5.74) is 1.17. The van der Waals surface area contributed by atoms with Crippen molar-refractivity contribution < 1.29 is 0 Å². The van der Waals surface area contributed by atoms with Crippen LogP contribution < -0.4 is 5.32 Å². The van der Waals surface area contributed by atoms with E-state index in [1.807, 2.05) is 6.20 Å². The number of nitrogens with zero attached hydrogens (tertiary/aromatic N) is 3. The largest absolute Gasteiger partial charge is 0.370 e. The molecule has 0 atom stereocenters. The minimum Gasteiger partial charge on any atom is -0.370 e. The summed E-state index contributed by atoms with van der Waals surface area (Å²) in [6.07, 6.45) is 7.19. The molecule has 0 saturated carbocycles. The third kappa shape index (κ3) is 3.01. The number of nitrogens with one attached hydrogen (secondary N) is 2. The summed E-state index contributed by atoms with van der Waals surface area (Å²) in [6, 6.07) is 0. The SMILES string of the molecule is CCCc1c(NCC)ncnc1Sc1ncc[nH]1. The first-order chi connectivity index (χ1) is 8.85. The van der Waals surface area contributed by atoms with Crippen LogP contribution in [0.5, 0.6) is 0 Å². The lowest BCUT2D eigenvalue weighted by Gasteiger charge is -2.11. The predicted molar refractivity (Wildman–Crippen MR) is 72.9 cm³/mol. The Bertz CT molecular complexity index is 483. The van der Waals surface area contributed by atoms with E-state index in [2.05, 4.69) is 39.1 Å². The average Bonchev–Trinajstić information content (AvgIpc) is 2.86. The summed E-state index contributed by atoms with van der Waals surface area (Å²) in [4.78, 5) is 16.0. The Balaban J connectivity index is 2.29. The van der Waals surface area contributed by atoms with Gasteiger partial charge in [-0.05, 0) is 25.1 Å². The van der Waals surface area contributed by atoms with Crippen molar-refractivity contribution in [2.75, 3.05) is 11.9 Å². The van der Waals surface area contributed by atoms with Crippen LogP contribution in [0.4, 0.5) is 5.82 Å². The molecule has 2 heterocycles. The van der Waals surface area contributed by atoms with E-state index < -0.39 is 0 Å². The lowest BCUT2D eigenvalue weighted by Crippen LogP contribution is -2.06. The van der Waals surface area contributed by atoms with E-state index in [9.17, 15) is 0 Å². The molecule has 96 valence electrons. The Labute approximate surface area is 111 Å². The van der Waals surface area contributed by atoms with Gasteiger partial charge in [0.2, 0.25) is 0 Å². The van der Waals surface area contributed by atoms with Crippen LogP contribution in [-0.2, 0) is 6.42 Å². The van der Waals surface area contributed by atoms with Crippen LogP contribution >= 0.6 is 11.8 Å². The van der Waals surface area contributed by atoms with Gasteiger partial charge in [-0.2, -0.15) is 0 Å². The lowest BCUT2D eigenvalue weighted by atomic mass is 10.2. The molecule has 18 heavy (non-hydrogen) atoms. The standard InChI is InChI=1S/C12H17N5S/c1-3-5-9-10(13-4-2)16-8-17-11(9)18-12-14-6-7-15-12/h6-8H,3-5H2,1-2H3,(H,14,15)(H,13,16,17). The van der Waals surface area contributed by atoms with Crippen molar-refractivity contribution in [3.8, 4) is 0 Å². The van der Waals surface area contributed by atoms with Crippen LogP contribution in [0.15, 0.2) is 28.9 Å². The monoisotopic (exact) mass is 263 g/mol. The predicted octanol–water partition coefficient (Wildman–Crippen LogP) is 2.74. The van der Waals surface area contributed by atoms with Crippen molar-refractivity contribution in [1.29, 1.82) is 0 Å². The number of aromatic nitrogens is 4. The summed E-state index contributed by atoms with van der Waals surface area (Å²) >= 11 is 1.54. The fourth-order valence-electron chi connectivity index (χ4n) is 1.68. The maximum Gasteiger partial charge on any atom is 0.171 e. The van der Waals surface area contributed by atoms with Gasteiger partial charge in [0.05, 0.1) is 0 Å². The second-order valence-corrected chi connectivity index (χ2v) is 4.76. The highest BCUT2D eigenvalue weighted by atomic mass is 32.2. The van der Waals surface area contributed by atoms with Gasteiger partial charge >= 0.3 is 0 Å². The Morgan fingerprint density at radius 1 is 1.28 bits per heavy atom. The number of hydrogen-bond acceptors (Lipinski definition) is 5. The molecule has 2 N–H and O–H groups in total. The lowest BCUT2D eigenvalue weighted by molar-refractivity contribution is 0.853. The molecule has 5 nitrogen and oxygen atoms in total. The molecule has 6 heteroatoms.